The SMILES string of the molecule is C=C(N=C(CC)c1ccccc1)c1ccc(C2=C(OC)CCC=C2)c(C)c1. The Morgan fingerprint density at radius 2 is 1.89 bits per heavy atom. The van der Waals surface area contributed by atoms with Gasteiger partial charge in [-0.3, -0.25) is 4.99 Å². The summed E-state index contributed by atoms with van der Waals surface area (Å²) in [5.74, 6) is 1.06. The van der Waals surface area contributed by atoms with Crippen molar-refractivity contribution in [2.75, 3.05) is 7.11 Å². The molecule has 0 heterocycles. The van der Waals surface area contributed by atoms with Crippen molar-refractivity contribution in [2.24, 2.45) is 4.99 Å². The van der Waals surface area contributed by atoms with Gasteiger partial charge in [-0.15, -0.1) is 0 Å². The average Bonchev–Trinajstić information content (AvgIpc) is 2.72. The zero-order valence-electron chi connectivity index (χ0n) is 16.5. The third-order valence-electron chi connectivity index (χ3n) is 4.93. The molecule has 1 aliphatic rings. The van der Waals surface area contributed by atoms with Crippen LogP contribution in [0.4, 0.5) is 0 Å². The Bertz CT molecular complexity index is 917. The summed E-state index contributed by atoms with van der Waals surface area (Å²) in [6.45, 7) is 8.48. The molecular formula is C25H27NO. The summed E-state index contributed by atoms with van der Waals surface area (Å²) < 4.78 is 5.60. The van der Waals surface area contributed by atoms with Gasteiger partial charge in [0.2, 0.25) is 0 Å². The number of aryl methyl sites for hydroxylation is 1. The Labute approximate surface area is 162 Å². The first-order chi connectivity index (χ1) is 13.1. The van der Waals surface area contributed by atoms with E-state index in [1.807, 2.05) is 18.2 Å². The average molecular weight is 357 g/mol. The standard InChI is InChI=1S/C25H27NO/c1-5-24(20-11-7-6-8-12-20)26-19(3)21-15-16-22(18(2)17-21)23-13-9-10-14-25(23)27-4/h6-9,11-13,15-17H,3,5,10,14H2,1-2,4H3. The fourth-order valence-corrected chi connectivity index (χ4v) is 3.45. The van der Waals surface area contributed by atoms with Gasteiger partial charge in [0.15, 0.2) is 0 Å². The molecule has 1 aliphatic carbocycles. The maximum absolute atomic E-state index is 5.60. The maximum atomic E-state index is 5.60. The Balaban J connectivity index is 1.91. The van der Waals surface area contributed by atoms with Crippen LogP contribution in [-0.4, -0.2) is 12.8 Å². The summed E-state index contributed by atoms with van der Waals surface area (Å²) >= 11 is 0. The monoisotopic (exact) mass is 357 g/mol. The van der Waals surface area contributed by atoms with Gasteiger partial charge in [0.1, 0.15) is 5.76 Å². The van der Waals surface area contributed by atoms with Crippen LogP contribution >= 0.6 is 0 Å². The van der Waals surface area contributed by atoms with Crippen molar-refractivity contribution in [1.29, 1.82) is 0 Å². The minimum Gasteiger partial charge on any atom is -0.500 e. The normalized spacial score (nSPS) is 14.4. The lowest BCUT2D eigenvalue weighted by Crippen LogP contribution is -2.00. The molecule has 27 heavy (non-hydrogen) atoms. The summed E-state index contributed by atoms with van der Waals surface area (Å²) in [6, 6.07) is 16.7. The van der Waals surface area contributed by atoms with Crippen LogP contribution < -0.4 is 0 Å². The smallest absolute Gasteiger partial charge is 0.104 e. The van der Waals surface area contributed by atoms with Gasteiger partial charge in [-0.05, 0) is 48.1 Å². The highest BCUT2D eigenvalue weighted by atomic mass is 16.5. The lowest BCUT2D eigenvalue weighted by atomic mass is 9.93. The van der Waals surface area contributed by atoms with Crippen LogP contribution in [0.15, 0.2) is 78.0 Å². The highest BCUT2D eigenvalue weighted by molar-refractivity contribution is 6.03. The number of nitrogens with zero attached hydrogens (tertiary/aromatic N) is 1. The molecular weight excluding hydrogens is 330 g/mol. The minimum absolute atomic E-state index is 0.797. The van der Waals surface area contributed by atoms with E-state index in [0.29, 0.717) is 0 Å². The van der Waals surface area contributed by atoms with Crippen molar-refractivity contribution < 1.29 is 4.74 Å². The largest absolute Gasteiger partial charge is 0.500 e. The Hall–Kier alpha value is -2.87. The van der Waals surface area contributed by atoms with Gasteiger partial charge in [-0.2, -0.15) is 0 Å². The summed E-state index contributed by atoms with van der Waals surface area (Å²) in [6.07, 6.45) is 7.24. The fraction of sp³-hybridized carbons (Fsp3) is 0.240. The van der Waals surface area contributed by atoms with Crippen molar-refractivity contribution in [3.63, 3.8) is 0 Å². The molecule has 2 aromatic rings. The first-order valence-electron chi connectivity index (χ1n) is 9.51. The molecule has 0 N–H and O–H groups in total. The Morgan fingerprint density at radius 3 is 2.56 bits per heavy atom. The molecule has 2 nitrogen and oxygen atoms in total. The predicted octanol–water partition coefficient (Wildman–Crippen LogP) is 6.57. The van der Waals surface area contributed by atoms with E-state index in [9.17, 15) is 0 Å². The van der Waals surface area contributed by atoms with E-state index in [1.165, 1.54) is 16.7 Å². The molecule has 0 unspecified atom stereocenters. The number of hydrogen-bond donors (Lipinski definition) is 0. The van der Waals surface area contributed by atoms with E-state index >= 15 is 0 Å². The number of methoxy groups -OCH3 is 1. The molecule has 0 saturated carbocycles. The van der Waals surface area contributed by atoms with Crippen LogP contribution in [0.1, 0.15) is 48.4 Å². The van der Waals surface area contributed by atoms with E-state index in [2.05, 4.69) is 62.9 Å². The molecule has 0 atom stereocenters. The summed E-state index contributed by atoms with van der Waals surface area (Å²) in [7, 11) is 1.75. The first kappa shape index (κ1) is 18.9. The number of benzene rings is 2. The van der Waals surface area contributed by atoms with Gasteiger partial charge in [0.05, 0.1) is 12.8 Å². The molecule has 0 spiro atoms. The third kappa shape index (κ3) is 4.28. The van der Waals surface area contributed by atoms with Gasteiger partial charge in [-0.25, -0.2) is 0 Å². The van der Waals surface area contributed by atoms with E-state index < -0.39 is 0 Å². The lowest BCUT2D eigenvalue weighted by Gasteiger charge is -2.17. The second-order valence-electron chi connectivity index (χ2n) is 6.74. The quantitative estimate of drug-likeness (QED) is 0.536. The Kier molecular flexibility index (Phi) is 6.08. The molecule has 0 radical (unpaired) electrons. The van der Waals surface area contributed by atoms with Gasteiger partial charge < -0.3 is 4.74 Å². The molecule has 0 saturated heterocycles. The topological polar surface area (TPSA) is 21.6 Å². The van der Waals surface area contributed by atoms with Crippen molar-refractivity contribution in [3.05, 3.63) is 95.3 Å². The number of rotatable bonds is 6. The highest BCUT2D eigenvalue weighted by Gasteiger charge is 2.14. The van der Waals surface area contributed by atoms with Crippen LogP contribution in [0.3, 0.4) is 0 Å². The van der Waals surface area contributed by atoms with Crippen molar-refractivity contribution in [2.45, 2.75) is 33.1 Å². The molecule has 0 fully saturated rings. The lowest BCUT2D eigenvalue weighted by molar-refractivity contribution is 0.279. The highest BCUT2D eigenvalue weighted by Crippen LogP contribution is 2.31. The number of hydrogen-bond acceptors (Lipinski definition) is 2. The van der Waals surface area contributed by atoms with Crippen molar-refractivity contribution in [3.8, 4) is 0 Å². The van der Waals surface area contributed by atoms with Crippen LogP contribution in [0, 0.1) is 6.92 Å². The Morgan fingerprint density at radius 1 is 1.11 bits per heavy atom. The molecule has 0 amide bonds. The fourth-order valence-electron chi connectivity index (χ4n) is 3.45. The first-order valence-corrected chi connectivity index (χ1v) is 9.51. The van der Waals surface area contributed by atoms with Crippen LogP contribution in [0.25, 0.3) is 11.3 Å². The maximum Gasteiger partial charge on any atom is 0.104 e. The number of aliphatic imine (C=N–C) groups is 1. The van der Waals surface area contributed by atoms with Gasteiger partial charge in [0, 0.05) is 17.7 Å². The molecule has 0 bridgehead atoms. The zero-order chi connectivity index (χ0) is 19.2. The van der Waals surface area contributed by atoms with Crippen LogP contribution in [0.2, 0.25) is 0 Å². The van der Waals surface area contributed by atoms with Gasteiger partial charge >= 0.3 is 0 Å². The van der Waals surface area contributed by atoms with Crippen molar-refractivity contribution >= 4 is 17.0 Å². The number of ether oxygens (including phenoxy) is 1. The molecule has 2 aromatic carbocycles. The third-order valence-corrected chi connectivity index (χ3v) is 4.93. The molecule has 138 valence electrons. The second kappa shape index (κ2) is 8.68. The van der Waals surface area contributed by atoms with Gasteiger partial charge in [0.25, 0.3) is 0 Å². The molecule has 2 heteroatoms. The molecule has 0 aliphatic heterocycles. The van der Waals surface area contributed by atoms with Crippen LogP contribution in [0.5, 0.6) is 0 Å². The molecule has 3 rings (SSSR count). The van der Waals surface area contributed by atoms with Crippen LogP contribution in [-0.2, 0) is 4.74 Å². The van der Waals surface area contributed by atoms with Crippen molar-refractivity contribution in [1.82, 2.24) is 0 Å². The zero-order valence-corrected chi connectivity index (χ0v) is 16.5. The van der Waals surface area contributed by atoms with E-state index in [-0.39, 0.29) is 0 Å². The van der Waals surface area contributed by atoms with E-state index in [1.54, 1.807) is 7.11 Å². The van der Waals surface area contributed by atoms with E-state index in [4.69, 9.17) is 9.73 Å². The van der Waals surface area contributed by atoms with Gasteiger partial charge in [-0.1, -0.05) is 68.1 Å². The molecule has 0 aromatic heterocycles. The summed E-state index contributed by atoms with van der Waals surface area (Å²) in [4.78, 5) is 4.82. The van der Waals surface area contributed by atoms with E-state index in [0.717, 1.165) is 47.6 Å². The summed E-state index contributed by atoms with van der Waals surface area (Å²) in [5, 5.41) is 0. The number of allylic oxidation sites excluding steroid dienone is 4. The summed E-state index contributed by atoms with van der Waals surface area (Å²) in [5.41, 5.74) is 7.65. The predicted molar refractivity (Wildman–Crippen MR) is 116 cm³/mol. The second-order valence-corrected chi connectivity index (χ2v) is 6.74. The minimum atomic E-state index is 0.797.